The largest absolute Gasteiger partial charge is 0.496 e. The summed E-state index contributed by atoms with van der Waals surface area (Å²) in [5.41, 5.74) is -0.323. The van der Waals surface area contributed by atoms with Crippen LogP contribution in [0.2, 0.25) is 5.02 Å². The van der Waals surface area contributed by atoms with Crippen molar-refractivity contribution in [3.05, 3.63) is 28.8 Å². The van der Waals surface area contributed by atoms with Gasteiger partial charge in [0.2, 0.25) is 5.91 Å². The lowest BCUT2D eigenvalue weighted by atomic mass is 9.77. The number of nitrogens with one attached hydrogen (secondary N) is 1. The zero-order valence-corrected chi connectivity index (χ0v) is 15.1. The zero-order valence-electron chi connectivity index (χ0n) is 14.4. The zero-order chi connectivity index (χ0) is 17.7. The lowest BCUT2D eigenvalue weighted by Gasteiger charge is -2.37. The molecule has 0 atom stereocenters. The van der Waals surface area contributed by atoms with Gasteiger partial charge in [-0.1, -0.05) is 24.6 Å². The fourth-order valence-corrected chi connectivity index (χ4v) is 3.44. The molecule has 0 aromatic heterocycles. The van der Waals surface area contributed by atoms with Gasteiger partial charge < -0.3 is 14.8 Å². The number of amides is 1. The third-order valence-corrected chi connectivity index (χ3v) is 5.07. The summed E-state index contributed by atoms with van der Waals surface area (Å²) in [4.78, 5) is 24.9. The Bertz CT molecular complexity index is 609. The SMILES string of the molecule is COC(=O)C1(NC(=O)Cc2c(Cl)cccc2OC)CCC(C)CC1. The Kier molecular flexibility index (Phi) is 6.10. The Morgan fingerprint density at radius 3 is 2.54 bits per heavy atom. The number of carbonyl (C=O) groups excluding carboxylic acids is 2. The van der Waals surface area contributed by atoms with E-state index in [0.717, 1.165) is 12.8 Å². The highest BCUT2D eigenvalue weighted by molar-refractivity contribution is 6.31. The monoisotopic (exact) mass is 353 g/mol. The molecule has 0 radical (unpaired) electrons. The number of benzene rings is 1. The maximum absolute atomic E-state index is 12.6. The van der Waals surface area contributed by atoms with Crippen molar-refractivity contribution in [2.75, 3.05) is 14.2 Å². The van der Waals surface area contributed by atoms with Crippen LogP contribution >= 0.6 is 11.6 Å². The Balaban J connectivity index is 2.16. The van der Waals surface area contributed by atoms with E-state index in [2.05, 4.69) is 12.2 Å². The van der Waals surface area contributed by atoms with Crippen LogP contribution in [0.4, 0.5) is 0 Å². The molecule has 0 bridgehead atoms. The Hall–Kier alpha value is -1.75. The van der Waals surface area contributed by atoms with Gasteiger partial charge in [-0.05, 0) is 43.7 Å². The van der Waals surface area contributed by atoms with Crippen LogP contribution in [-0.2, 0) is 20.7 Å². The van der Waals surface area contributed by atoms with Gasteiger partial charge in [0, 0.05) is 10.6 Å². The number of rotatable bonds is 5. The van der Waals surface area contributed by atoms with Gasteiger partial charge >= 0.3 is 5.97 Å². The molecule has 0 unspecified atom stereocenters. The third-order valence-electron chi connectivity index (χ3n) is 4.72. The summed E-state index contributed by atoms with van der Waals surface area (Å²) in [6.07, 6.45) is 2.99. The molecule has 0 saturated heterocycles. The maximum atomic E-state index is 12.6. The highest BCUT2D eigenvalue weighted by Crippen LogP contribution is 2.33. The maximum Gasteiger partial charge on any atom is 0.331 e. The molecule has 0 heterocycles. The van der Waals surface area contributed by atoms with Gasteiger partial charge in [0.1, 0.15) is 11.3 Å². The van der Waals surface area contributed by atoms with Crippen LogP contribution in [0.1, 0.15) is 38.2 Å². The van der Waals surface area contributed by atoms with E-state index in [1.165, 1.54) is 14.2 Å². The minimum atomic E-state index is -0.938. The fourth-order valence-electron chi connectivity index (χ4n) is 3.20. The van der Waals surface area contributed by atoms with Crippen molar-refractivity contribution in [2.24, 2.45) is 5.92 Å². The van der Waals surface area contributed by atoms with E-state index < -0.39 is 5.54 Å². The summed E-state index contributed by atoms with van der Waals surface area (Å²) in [5.74, 6) is 0.459. The molecule has 1 amide bonds. The number of hydrogen-bond donors (Lipinski definition) is 1. The molecule has 1 aromatic rings. The quantitative estimate of drug-likeness (QED) is 0.826. The normalized spacial score (nSPS) is 23.4. The Labute approximate surface area is 147 Å². The van der Waals surface area contributed by atoms with Crippen LogP contribution in [0.3, 0.4) is 0 Å². The molecule has 132 valence electrons. The molecule has 1 saturated carbocycles. The smallest absolute Gasteiger partial charge is 0.331 e. The number of hydrogen-bond acceptors (Lipinski definition) is 4. The predicted octanol–water partition coefficient (Wildman–Crippen LogP) is 3.13. The van der Waals surface area contributed by atoms with E-state index in [9.17, 15) is 9.59 Å². The number of methoxy groups -OCH3 is 2. The molecule has 1 fully saturated rings. The van der Waals surface area contributed by atoms with Crippen molar-refractivity contribution in [2.45, 2.75) is 44.6 Å². The van der Waals surface area contributed by atoms with Crippen LogP contribution in [0.25, 0.3) is 0 Å². The number of esters is 1. The minimum absolute atomic E-state index is 0.0527. The fraction of sp³-hybridized carbons (Fsp3) is 0.556. The van der Waals surface area contributed by atoms with Crippen LogP contribution in [0.15, 0.2) is 18.2 Å². The lowest BCUT2D eigenvalue weighted by molar-refractivity contribution is -0.153. The average molecular weight is 354 g/mol. The first-order chi connectivity index (χ1) is 11.4. The Morgan fingerprint density at radius 1 is 1.29 bits per heavy atom. The molecule has 1 aromatic carbocycles. The van der Waals surface area contributed by atoms with Crippen molar-refractivity contribution < 1.29 is 19.1 Å². The van der Waals surface area contributed by atoms with E-state index >= 15 is 0 Å². The second-order valence-electron chi connectivity index (χ2n) is 6.40. The minimum Gasteiger partial charge on any atom is -0.496 e. The second kappa shape index (κ2) is 7.88. The predicted molar refractivity (Wildman–Crippen MR) is 92.2 cm³/mol. The van der Waals surface area contributed by atoms with Gasteiger partial charge in [0.05, 0.1) is 20.6 Å². The first kappa shape index (κ1) is 18.6. The first-order valence-electron chi connectivity index (χ1n) is 8.12. The molecular formula is C18H24ClNO4. The topological polar surface area (TPSA) is 64.6 Å². The van der Waals surface area contributed by atoms with Gasteiger partial charge in [-0.15, -0.1) is 0 Å². The molecular weight excluding hydrogens is 330 g/mol. The molecule has 1 aliphatic carbocycles. The second-order valence-corrected chi connectivity index (χ2v) is 6.81. The van der Waals surface area contributed by atoms with E-state index in [1.807, 2.05) is 0 Å². The van der Waals surface area contributed by atoms with Crippen LogP contribution in [-0.4, -0.2) is 31.6 Å². The van der Waals surface area contributed by atoms with E-state index in [4.69, 9.17) is 21.1 Å². The van der Waals surface area contributed by atoms with Crippen molar-refractivity contribution >= 4 is 23.5 Å². The molecule has 5 nitrogen and oxygen atoms in total. The van der Waals surface area contributed by atoms with Crippen molar-refractivity contribution in [1.29, 1.82) is 0 Å². The van der Waals surface area contributed by atoms with Gasteiger partial charge in [0.15, 0.2) is 0 Å². The number of ether oxygens (including phenoxy) is 2. The highest BCUT2D eigenvalue weighted by Gasteiger charge is 2.43. The van der Waals surface area contributed by atoms with Gasteiger partial charge in [-0.25, -0.2) is 4.79 Å². The van der Waals surface area contributed by atoms with Gasteiger partial charge in [0.25, 0.3) is 0 Å². The summed E-state index contributed by atoms with van der Waals surface area (Å²) < 4.78 is 10.2. The van der Waals surface area contributed by atoms with Crippen LogP contribution < -0.4 is 10.1 Å². The molecule has 1 N–H and O–H groups in total. The van der Waals surface area contributed by atoms with Crippen molar-refractivity contribution in [1.82, 2.24) is 5.32 Å². The first-order valence-corrected chi connectivity index (χ1v) is 8.50. The van der Waals surface area contributed by atoms with E-state index in [0.29, 0.717) is 35.1 Å². The Morgan fingerprint density at radius 2 is 1.96 bits per heavy atom. The standard InChI is InChI=1S/C18H24ClNO4/c1-12-7-9-18(10-8-12,17(22)24-3)20-16(21)11-13-14(19)5-4-6-15(13)23-2/h4-6,12H,7-11H2,1-3H3,(H,20,21). The highest BCUT2D eigenvalue weighted by atomic mass is 35.5. The molecule has 0 aliphatic heterocycles. The van der Waals surface area contributed by atoms with Gasteiger partial charge in [-0.3, -0.25) is 4.79 Å². The van der Waals surface area contributed by atoms with Crippen LogP contribution in [0.5, 0.6) is 5.75 Å². The number of halogens is 1. The summed E-state index contributed by atoms with van der Waals surface area (Å²) in [7, 11) is 2.89. The van der Waals surface area contributed by atoms with E-state index in [-0.39, 0.29) is 18.3 Å². The third kappa shape index (κ3) is 4.01. The summed E-state index contributed by atoms with van der Waals surface area (Å²) >= 11 is 6.19. The molecule has 2 rings (SSSR count). The van der Waals surface area contributed by atoms with Crippen molar-refractivity contribution in [3.63, 3.8) is 0 Å². The molecule has 1 aliphatic rings. The van der Waals surface area contributed by atoms with Gasteiger partial charge in [-0.2, -0.15) is 0 Å². The average Bonchev–Trinajstić information content (AvgIpc) is 2.58. The summed E-state index contributed by atoms with van der Waals surface area (Å²) in [6, 6.07) is 5.24. The van der Waals surface area contributed by atoms with Crippen molar-refractivity contribution in [3.8, 4) is 5.75 Å². The van der Waals surface area contributed by atoms with Crippen LogP contribution in [0, 0.1) is 5.92 Å². The molecule has 6 heteroatoms. The summed E-state index contributed by atoms with van der Waals surface area (Å²) in [5, 5.41) is 3.37. The summed E-state index contributed by atoms with van der Waals surface area (Å²) in [6.45, 7) is 2.15. The lowest BCUT2D eigenvalue weighted by Crippen LogP contribution is -2.57. The van der Waals surface area contributed by atoms with E-state index in [1.54, 1.807) is 18.2 Å². The molecule has 24 heavy (non-hydrogen) atoms. The molecule has 0 spiro atoms. The number of carbonyl (C=O) groups is 2.